The summed E-state index contributed by atoms with van der Waals surface area (Å²) in [5.41, 5.74) is 1.02. The Hall–Kier alpha value is -2.97. The fraction of sp³-hybridized carbons (Fsp3) is 0.261. The summed E-state index contributed by atoms with van der Waals surface area (Å²) >= 11 is 0. The van der Waals surface area contributed by atoms with Gasteiger partial charge in [-0.3, -0.25) is 4.79 Å². The lowest BCUT2D eigenvalue weighted by atomic mass is 10.1. The van der Waals surface area contributed by atoms with E-state index < -0.39 is 21.7 Å². The Bertz CT molecular complexity index is 1150. The number of amides is 1. The van der Waals surface area contributed by atoms with E-state index in [0.717, 1.165) is 5.56 Å². The summed E-state index contributed by atoms with van der Waals surface area (Å²) in [6.45, 7) is 6.15. The van der Waals surface area contributed by atoms with Gasteiger partial charge in [-0.15, -0.1) is 0 Å². The highest BCUT2D eigenvalue weighted by molar-refractivity contribution is 7.89. The monoisotopic (exact) mass is 444 g/mol. The fourth-order valence-electron chi connectivity index (χ4n) is 3.26. The Morgan fingerprint density at radius 3 is 2.29 bits per heavy atom. The van der Waals surface area contributed by atoms with Crippen LogP contribution in [0.4, 0.5) is 4.39 Å². The van der Waals surface area contributed by atoms with Crippen LogP contribution in [0.3, 0.4) is 0 Å². The number of hydrogen-bond acceptors (Lipinski definition) is 4. The number of nitrogens with one attached hydrogen (secondary N) is 1. The molecule has 0 saturated carbocycles. The first kappa shape index (κ1) is 22.7. The first-order valence-corrected chi connectivity index (χ1v) is 11.5. The predicted molar refractivity (Wildman–Crippen MR) is 117 cm³/mol. The van der Waals surface area contributed by atoms with E-state index in [0.29, 0.717) is 13.1 Å². The van der Waals surface area contributed by atoms with E-state index in [1.165, 1.54) is 28.6 Å². The van der Waals surface area contributed by atoms with Gasteiger partial charge in [-0.05, 0) is 48.9 Å². The van der Waals surface area contributed by atoms with Crippen molar-refractivity contribution in [2.24, 2.45) is 0 Å². The summed E-state index contributed by atoms with van der Waals surface area (Å²) in [7, 11) is -3.54. The highest BCUT2D eigenvalue weighted by Crippen LogP contribution is 2.25. The highest BCUT2D eigenvalue weighted by atomic mass is 32.2. The molecule has 31 heavy (non-hydrogen) atoms. The molecule has 8 heteroatoms. The molecule has 0 radical (unpaired) electrons. The molecule has 0 saturated heterocycles. The predicted octanol–water partition coefficient (Wildman–Crippen LogP) is 4.61. The van der Waals surface area contributed by atoms with E-state index in [-0.39, 0.29) is 28.0 Å². The second-order valence-electron chi connectivity index (χ2n) is 7.00. The third kappa shape index (κ3) is 4.86. The van der Waals surface area contributed by atoms with Gasteiger partial charge < -0.3 is 9.73 Å². The molecule has 0 bridgehead atoms. The molecule has 0 fully saturated rings. The minimum Gasteiger partial charge on any atom is -0.451 e. The molecule has 0 spiro atoms. The zero-order valence-electron chi connectivity index (χ0n) is 17.6. The van der Waals surface area contributed by atoms with Gasteiger partial charge in [0.05, 0.1) is 16.5 Å². The van der Waals surface area contributed by atoms with Crippen molar-refractivity contribution in [2.45, 2.75) is 31.7 Å². The van der Waals surface area contributed by atoms with E-state index in [1.807, 2.05) is 0 Å². The van der Waals surface area contributed by atoms with Gasteiger partial charge in [-0.2, -0.15) is 4.31 Å². The molecule has 1 aromatic heterocycles. The van der Waals surface area contributed by atoms with Crippen molar-refractivity contribution in [3.05, 3.63) is 77.8 Å². The number of halogens is 1. The number of rotatable bonds is 8. The van der Waals surface area contributed by atoms with Crippen LogP contribution in [0.5, 0.6) is 0 Å². The summed E-state index contributed by atoms with van der Waals surface area (Å²) in [5, 5.41) is 2.81. The maximum atomic E-state index is 13.9. The topological polar surface area (TPSA) is 79.6 Å². The number of carbonyl (C=O) groups excluding carboxylic acids is 1. The normalized spacial score (nSPS) is 12.7. The standard InChI is InChI=1S/C23H25FN2O4S/c1-4-26(5-2)31(28,29)18-12-10-17(11-13-18)16(3)25-23(27)22-15-14-21(30-22)19-8-6-7-9-20(19)24/h6-16H,4-5H2,1-3H3,(H,25,27). The van der Waals surface area contributed by atoms with Crippen LogP contribution in [-0.4, -0.2) is 31.7 Å². The van der Waals surface area contributed by atoms with Gasteiger partial charge in [0.15, 0.2) is 5.76 Å². The second kappa shape index (κ2) is 9.45. The van der Waals surface area contributed by atoms with E-state index in [1.54, 1.807) is 57.2 Å². The van der Waals surface area contributed by atoms with Crippen molar-refractivity contribution in [2.75, 3.05) is 13.1 Å². The van der Waals surface area contributed by atoms with Gasteiger partial charge in [0, 0.05) is 13.1 Å². The van der Waals surface area contributed by atoms with Crippen LogP contribution in [0.1, 0.15) is 42.9 Å². The van der Waals surface area contributed by atoms with Gasteiger partial charge in [-0.25, -0.2) is 12.8 Å². The molecule has 0 aliphatic rings. The van der Waals surface area contributed by atoms with Crippen molar-refractivity contribution in [1.29, 1.82) is 0 Å². The van der Waals surface area contributed by atoms with Crippen molar-refractivity contribution in [3.63, 3.8) is 0 Å². The lowest BCUT2D eigenvalue weighted by Crippen LogP contribution is -2.30. The number of sulfonamides is 1. The summed E-state index contributed by atoms with van der Waals surface area (Å²) in [6.07, 6.45) is 0. The van der Waals surface area contributed by atoms with Crippen LogP contribution in [0.15, 0.2) is 70.0 Å². The number of benzene rings is 2. The SMILES string of the molecule is CCN(CC)S(=O)(=O)c1ccc(C(C)NC(=O)c2ccc(-c3ccccc3F)o2)cc1. The molecule has 1 N–H and O–H groups in total. The molecular weight excluding hydrogens is 419 g/mol. The summed E-state index contributed by atoms with van der Waals surface area (Å²) in [5.74, 6) is -0.556. The van der Waals surface area contributed by atoms with Crippen molar-refractivity contribution < 1.29 is 22.0 Å². The number of hydrogen-bond donors (Lipinski definition) is 1. The Kier molecular flexibility index (Phi) is 6.92. The van der Waals surface area contributed by atoms with Crippen LogP contribution in [0, 0.1) is 5.82 Å². The zero-order chi connectivity index (χ0) is 22.6. The van der Waals surface area contributed by atoms with E-state index in [9.17, 15) is 17.6 Å². The smallest absolute Gasteiger partial charge is 0.287 e. The number of furan rings is 1. The third-order valence-electron chi connectivity index (χ3n) is 5.04. The quantitative estimate of drug-likeness (QED) is 0.550. The van der Waals surface area contributed by atoms with E-state index >= 15 is 0 Å². The third-order valence-corrected chi connectivity index (χ3v) is 7.10. The molecule has 0 aliphatic heterocycles. The Morgan fingerprint density at radius 1 is 1.03 bits per heavy atom. The summed E-state index contributed by atoms with van der Waals surface area (Å²) < 4.78 is 46.0. The fourth-order valence-corrected chi connectivity index (χ4v) is 4.72. The Labute approximate surface area is 181 Å². The van der Waals surface area contributed by atoms with Crippen molar-refractivity contribution in [1.82, 2.24) is 9.62 Å². The van der Waals surface area contributed by atoms with Crippen LogP contribution in [0.2, 0.25) is 0 Å². The lowest BCUT2D eigenvalue weighted by Gasteiger charge is -2.19. The molecule has 0 aliphatic carbocycles. The molecule has 3 aromatic rings. The maximum absolute atomic E-state index is 13.9. The first-order valence-electron chi connectivity index (χ1n) is 10.0. The zero-order valence-corrected chi connectivity index (χ0v) is 18.4. The summed E-state index contributed by atoms with van der Waals surface area (Å²) in [6, 6.07) is 15.2. The minimum atomic E-state index is -3.54. The molecule has 1 amide bonds. The number of carbonyl (C=O) groups is 1. The molecule has 164 valence electrons. The summed E-state index contributed by atoms with van der Waals surface area (Å²) in [4.78, 5) is 12.8. The lowest BCUT2D eigenvalue weighted by molar-refractivity contribution is 0.0912. The van der Waals surface area contributed by atoms with Crippen LogP contribution < -0.4 is 5.32 Å². The van der Waals surface area contributed by atoms with Gasteiger partial charge in [0.25, 0.3) is 5.91 Å². The average Bonchev–Trinajstić information content (AvgIpc) is 3.25. The molecule has 1 unspecified atom stereocenters. The second-order valence-corrected chi connectivity index (χ2v) is 8.94. The Balaban J connectivity index is 1.71. The molecule has 1 atom stereocenters. The van der Waals surface area contributed by atoms with E-state index in [2.05, 4.69) is 5.32 Å². The van der Waals surface area contributed by atoms with Gasteiger partial charge in [0.1, 0.15) is 11.6 Å². The van der Waals surface area contributed by atoms with Crippen LogP contribution in [-0.2, 0) is 10.0 Å². The van der Waals surface area contributed by atoms with Gasteiger partial charge in [0.2, 0.25) is 10.0 Å². The molecule has 1 heterocycles. The average molecular weight is 445 g/mol. The molecular formula is C23H25FN2O4S. The maximum Gasteiger partial charge on any atom is 0.287 e. The van der Waals surface area contributed by atoms with Crippen LogP contribution >= 0.6 is 0 Å². The number of nitrogens with zero attached hydrogens (tertiary/aromatic N) is 1. The Morgan fingerprint density at radius 2 is 1.68 bits per heavy atom. The first-order chi connectivity index (χ1) is 14.8. The highest BCUT2D eigenvalue weighted by Gasteiger charge is 2.22. The molecule has 2 aromatic carbocycles. The molecule has 3 rings (SSSR count). The van der Waals surface area contributed by atoms with Crippen molar-refractivity contribution >= 4 is 15.9 Å². The van der Waals surface area contributed by atoms with Gasteiger partial charge >= 0.3 is 0 Å². The minimum absolute atomic E-state index is 0.0610. The van der Waals surface area contributed by atoms with Crippen molar-refractivity contribution in [3.8, 4) is 11.3 Å². The van der Waals surface area contributed by atoms with Crippen LogP contribution in [0.25, 0.3) is 11.3 Å². The van der Waals surface area contributed by atoms with E-state index in [4.69, 9.17) is 4.42 Å². The largest absolute Gasteiger partial charge is 0.451 e. The molecule has 6 nitrogen and oxygen atoms in total. The van der Waals surface area contributed by atoms with Gasteiger partial charge in [-0.1, -0.05) is 38.1 Å².